The van der Waals surface area contributed by atoms with Crippen molar-refractivity contribution in [3.63, 3.8) is 0 Å². The van der Waals surface area contributed by atoms with Gasteiger partial charge < -0.3 is 0 Å². The van der Waals surface area contributed by atoms with Crippen molar-refractivity contribution in [3.05, 3.63) is 62.6 Å². The van der Waals surface area contributed by atoms with E-state index in [4.69, 9.17) is 23.2 Å². The summed E-state index contributed by atoms with van der Waals surface area (Å²) in [6.07, 6.45) is 0. The van der Waals surface area contributed by atoms with Gasteiger partial charge in [-0.15, -0.1) is 0 Å². The van der Waals surface area contributed by atoms with Crippen LogP contribution >= 0.6 is 23.2 Å². The van der Waals surface area contributed by atoms with Crippen LogP contribution in [0, 0.1) is 10.1 Å². The maximum absolute atomic E-state index is 11.9. The van der Waals surface area contributed by atoms with Gasteiger partial charge in [-0.2, -0.15) is 0 Å². The van der Waals surface area contributed by atoms with E-state index in [1.807, 2.05) is 0 Å². The molecule has 0 atom stereocenters. The minimum absolute atomic E-state index is 0.0590. The molecule has 21 heavy (non-hydrogen) atoms. The number of para-hydroxylation sites is 1. The van der Waals surface area contributed by atoms with Crippen LogP contribution in [0.5, 0.6) is 0 Å². The van der Waals surface area contributed by atoms with Gasteiger partial charge in [-0.05, 0) is 18.2 Å². The Morgan fingerprint density at radius 3 is 2.24 bits per heavy atom. The topological polar surface area (TPSA) is 63.5 Å². The van der Waals surface area contributed by atoms with Gasteiger partial charge in [0.2, 0.25) is 5.91 Å². The molecule has 0 spiro atoms. The van der Waals surface area contributed by atoms with Gasteiger partial charge in [0.1, 0.15) is 5.69 Å². The molecule has 2 aromatic carbocycles. The molecule has 108 valence electrons. The molecule has 0 aliphatic rings. The number of amides is 1. The third-order valence-electron chi connectivity index (χ3n) is 2.78. The van der Waals surface area contributed by atoms with Crippen molar-refractivity contribution in [3.8, 4) is 0 Å². The van der Waals surface area contributed by atoms with Crippen molar-refractivity contribution in [2.24, 2.45) is 0 Å². The number of carbonyl (C=O) groups is 1. The van der Waals surface area contributed by atoms with Crippen molar-refractivity contribution in [2.45, 2.75) is 6.92 Å². The first-order valence-electron chi connectivity index (χ1n) is 5.91. The summed E-state index contributed by atoms with van der Waals surface area (Å²) in [5.74, 6) is -0.373. The first kappa shape index (κ1) is 15.3. The minimum atomic E-state index is -0.601. The van der Waals surface area contributed by atoms with Crippen molar-refractivity contribution >= 4 is 46.2 Å². The highest BCUT2D eigenvalue weighted by molar-refractivity contribution is 6.42. The quantitative estimate of drug-likeness (QED) is 0.612. The summed E-state index contributed by atoms with van der Waals surface area (Å²) in [4.78, 5) is 23.8. The number of nitro benzene ring substituents is 1. The number of anilines is 2. The highest BCUT2D eigenvalue weighted by atomic mass is 35.5. The van der Waals surface area contributed by atoms with Crippen molar-refractivity contribution in [1.29, 1.82) is 0 Å². The lowest BCUT2D eigenvalue weighted by Gasteiger charge is -2.21. The van der Waals surface area contributed by atoms with Crippen LogP contribution in [0.1, 0.15) is 6.92 Å². The van der Waals surface area contributed by atoms with Gasteiger partial charge in [0, 0.05) is 18.7 Å². The zero-order valence-corrected chi connectivity index (χ0v) is 12.4. The zero-order valence-electron chi connectivity index (χ0n) is 10.9. The Balaban J connectivity index is 2.69. The van der Waals surface area contributed by atoms with Crippen LogP contribution < -0.4 is 4.90 Å². The second-order valence-corrected chi connectivity index (χ2v) is 5.02. The third-order valence-corrected chi connectivity index (χ3v) is 3.51. The third kappa shape index (κ3) is 3.15. The minimum Gasteiger partial charge on any atom is -0.275 e. The molecule has 0 aromatic heterocycles. The number of halogens is 2. The predicted molar refractivity (Wildman–Crippen MR) is 82.4 cm³/mol. The maximum Gasteiger partial charge on any atom is 0.294 e. The molecule has 0 N–H and O–H groups in total. The zero-order chi connectivity index (χ0) is 15.6. The Morgan fingerprint density at radius 2 is 1.71 bits per heavy atom. The molecule has 0 saturated carbocycles. The molecule has 0 unspecified atom stereocenters. The summed E-state index contributed by atoms with van der Waals surface area (Å²) in [5.41, 5.74) is 0.294. The SMILES string of the molecule is CC(=O)N(c1ccccc1)c1cc(Cl)c(Cl)cc1[N+](=O)[O-]. The Morgan fingerprint density at radius 1 is 1.14 bits per heavy atom. The van der Waals surface area contributed by atoms with Crippen LogP contribution in [0.15, 0.2) is 42.5 Å². The number of hydrogen-bond acceptors (Lipinski definition) is 3. The van der Waals surface area contributed by atoms with Crippen LogP contribution in [0.25, 0.3) is 0 Å². The standard InChI is InChI=1S/C14H10Cl2N2O3/c1-9(19)17(10-5-3-2-4-6-10)13-7-11(15)12(16)8-14(13)18(20)21/h2-8H,1H3. The molecule has 0 radical (unpaired) electrons. The van der Waals surface area contributed by atoms with Crippen molar-refractivity contribution < 1.29 is 9.72 Å². The van der Waals surface area contributed by atoms with Gasteiger partial charge in [0.05, 0.1) is 15.0 Å². The van der Waals surface area contributed by atoms with E-state index in [2.05, 4.69) is 0 Å². The Labute approximate surface area is 130 Å². The lowest BCUT2D eigenvalue weighted by atomic mass is 10.2. The van der Waals surface area contributed by atoms with Gasteiger partial charge in [-0.3, -0.25) is 19.8 Å². The molecule has 1 amide bonds. The largest absolute Gasteiger partial charge is 0.294 e. The van der Waals surface area contributed by atoms with E-state index in [1.54, 1.807) is 30.3 Å². The summed E-state index contributed by atoms with van der Waals surface area (Å²) in [6, 6.07) is 11.0. The molecule has 2 aromatic rings. The summed E-state index contributed by atoms with van der Waals surface area (Å²) < 4.78 is 0. The Bertz CT molecular complexity index is 705. The van der Waals surface area contributed by atoms with E-state index < -0.39 is 4.92 Å². The number of nitrogens with zero attached hydrogens (tertiary/aromatic N) is 2. The van der Waals surface area contributed by atoms with Crippen molar-refractivity contribution in [1.82, 2.24) is 0 Å². The molecule has 0 aliphatic carbocycles. The molecule has 0 bridgehead atoms. The number of rotatable bonds is 3. The first-order valence-corrected chi connectivity index (χ1v) is 6.66. The molecular weight excluding hydrogens is 315 g/mol. The lowest BCUT2D eigenvalue weighted by Crippen LogP contribution is -2.23. The molecular formula is C14H10Cl2N2O3. The number of hydrogen-bond donors (Lipinski definition) is 0. The molecule has 2 rings (SSSR count). The van der Waals surface area contributed by atoms with Crippen LogP contribution in [0.3, 0.4) is 0 Å². The fourth-order valence-corrected chi connectivity index (χ4v) is 2.23. The van der Waals surface area contributed by atoms with E-state index in [0.29, 0.717) is 5.69 Å². The number of benzene rings is 2. The van der Waals surface area contributed by atoms with Crippen LogP contribution in [-0.4, -0.2) is 10.8 Å². The molecule has 5 nitrogen and oxygen atoms in total. The fraction of sp³-hybridized carbons (Fsp3) is 0.0714. The highest BCUT2D eigenvalue weighted by Gasteiger charge is 2.25. The summed E-state index contributed by atoms with van der Waals surface area (Å²) in [5, 5.41) is 11.4. The smallest absolute Gasteiger partial charge is 0.275 e. The van der Waals surface area contributed by atoms with E-state index in [9.17, 15) is 14.9 Å². The van der Waals surface area contributed by atoms with E-state index in [1.165, 1.54) is 17.9 Å². The Kier molecular flexibility index (Phi) is 4.45. The number of nitro groups is 1. The summed E-state index contributed by atoms with van der Waals surface area (Å²) in [6.45, 7) is 1.32. The summed E-state index contributed by atoms with van der Waals surface area (Å²) in [7, 11) is 0. The predicted octanol–water partition coefficient (Wildman–Crippen LogP) is 4.59. The van der Waals surface area contributed by atoms with Gasteiger partial charge in [-0.1, -0.05) is 41.4 Å². The maximum atomic E-state index is 11.9. The van der Waals surface area contributed by atoms with E-state index in [0.717, 1.165) is 6.07 Å². The lowest BCUT2D eigenvalue weighted by molar-refractivity contribution is -0.384. The van der Waals surface area contributed by atoms with Gasteiger partial charge in [0.15, 0.2) is 0 Å². The van der Waals surface area contributed by atoms with Crippen molar-refractivity contribution in [2.75, 3.05) is 4.90 Å². The Hall–Kier alpha value is -2.11. The van der Waals surface area contributed by atoms with E-state index in [-0.39, 0.29) is 27.3 Å². The normalized spacial score (nSPS) is 10.2. The monoisotopic (exact) mass is 324 g/mol. The van der Waals surface area contributed by atoms with Crippen LogP contribution in [0.4, 0.5) is 17.1 Å². The van der Waals surface area contributed by atoms with Gasteiger partial charge in [-0.25, -0.2) is 0 Å². The van der Waals surface area contributed by atoms with E-state index >= 15 is 0 Å². The van der Waals surface area contributed by atoms with Crippen LogP contribution in [0.2, 0.25) is 10.0 Å². The molecule has 0 aliphatic heterocycles. The molecule has 7 heteroatoms. The average Bonchev–Trinajstić information content (AvgIpc) is 2.43. The van der Waals surface area contributed by atoms with Crippen LogP contribution in [-0.2, 0) is 4.79 Å². The first-order chi connectivity index (χ1) is 9.91. The molecule has 0 heterocycles. The second-order valence-electron chi connectivity index (χ2n) is 4.20. The fourth-order valence-electron chi connectivity index (χ4n) is 1.92. The molecule has 0 saturated heterocycles. The van der Waals surface area contributed by atoms with Gasteiger partial charge in [0.25, 0.3) is 5.69 Å². The highest BCUT2D eigenvalue weighted by Crippen LogP contribution is 2.39. The second kappa shape index (κ2) is 6.11. The summed E-state index contributed by atoms with van der Waals surface area (Å²) >= 11 is 11.8. The van der Waals surface area contributed by atoms with Gasteiger partial charge >= 0.3 is 0 Å². The number of carbonyl (C=O) groups excluding carboxylic acids is 1. The molecule has 0 fully saturated rings. The average molecular weight is 325 g/mol.